The molecule has 304 valence electrons. The van der Waals surface area contributed by atoms with Crippen molar-refractivity contribution in [3.8, 4) is 0 Å². The number of aliphatic carboxylic acids is 1. The van der Waals surface area contributed by atoms with Gasteiger partial charge in [0.05, 0.1) is 13.2 Å². The molecule has 0 rings (SSSR count). The zero-order chi connectivity index (χ0) is 38.5. The molecule has 0 radical (unpaired) electrons. The Morgan fingerprint density at radius 3 is 1.54 bits per heavy atom. The second-order valence-corrected chi connectivity index (χ2v) is 15.2. The fourth-order valence-electron chi connectivity index (χ4n) is 5.45. The lowest BCUT2D eigenvalue weighted by atomic mass is 10.1. The lowest BCUT2D eigenvalue weighted by molar-refractivity contribution is -0.161. The summed E-state index contributed by atoms with van der Waals surface area (Å²) in [6.07, 6.45) is 35.4. The van der Waals surface area contributed by atoms with Gasteiger partial charge < -0.3 is 25.2 Å². The van der Waals surface area contributed by atoms with Gasteiger partial charge in [-0.15, -0.1) is 0 Å². The molecule has 3 atom stereocenters. The first-order chi connectivity index (χ1) is 25.1. The van der Waals surface area contributed by atoms with E-state index in [9.17, 15) is 23.8 Å². The smallest absolute Gasteiger partial charge is 0.472 e. The summed E-state index contributed by atoms with van der Waals surface area (Å²) in [7, 11) is -4.71. The van der Waals surface area contributed by atoms with Gasteiger partial charge in [-0.2, -0.15) is 0 Å². The topological polar surface area (TPSA) is 172 Å². The summed E-state index contributed by atoms with van der Waals surface area (Å²) in [5.41, 5.74) is 5.32. The van der Waals surface area contributed by atoms with Gasteiger partial charge in [0.15, 0.2) is 6.10 Å². The number of phosphoric acid groups is 1. The third-order valence-corrected chi connectivity index (χ3v) is 9.65. The van der Waals surface area contributed by atoms with Crippen molar-refractivity contribution >= 4 is 25.7 Å². The van der Waals surface area contributed by atoms with Gasteiger partial charge >= 0.3 is 25.7 Å². The first-order valence-electron chi connectivity index (χ1n) is 20.4. The maximum absolute atomic E-state index is 12.6. The number of nitrogens with two attached hydrogens (primary N) is 1. The van der Waals surface area contributed by atoms with Crippen molar-refractivity contribution < 1.29 is 47.5 Å². The van der Waals surface area contributed by atoms with Crippen molar-refractivity contribution in [3.05, 3.63) is 24.3 Å². The second-order valence-electron chi connectivity index (χ2n) is 13.8. The van der Waals surface area contributed by atoms with E-state index in [1.165, 1.54) is 89.9 Å². The first-order valence-corrected chi connectivity index (χ1v) is 21.9. The molecule has 11 nitrogen and oxygen atoms in total. The summed E-state index contributed by atoms with van der Waals surface area (Å²) in [6.45, 7) is 2.74. The van der Waals surface area contributed by atoms with Crippen LogP contribution in [0.2, 0.25) is 0 Å². The number of carbonyl (C=O) groups excluding carboxylic acids is 2. The maximum atomic E-state index is 12.6. The SMILES string of the molecule is CCCCC/C=C\C/C=C\CCCCCCCCCCCC(=O)O[C@H](COC(=O)CCCCCCCCCCC)COP(=O)(O)OC[C@H](N)C(=O)O. The minimum absolute atomic E-state index is 0.159. The number of phosphoric ester groups is 1. The predicted molar refractivity (Wildman–Crippen MR) is 208 cm³/mol. The fourth-order valence-corrected chi connectivity index (χ4v) is 6.23. The number of rotatable bonds is 38. The molecular weight excluding hydrogens is 685 g/mol. The third-order valence-electron chi connectivity index (χ3n) is 8.70. The van der Waals surface area contributed by atoms with Gasteiger partial charge in [-0.3, -0.25) is 23.4 Å². The molecule has 0 aromatic carbocycles. The van der Waals surface area contributed by atoms with Crippen molar-refractivity contribution in [1.82, 2.24) is 0 Å². The number of carboxylic acids is 1. The summed E-state index contributed by atoms with van der Waals surface area (Å²) in [4.78, 5) is 45.7. The van der Waals surface area contributed by atoms with E-state index in [-0.39, 0.29) is 19.4 Å². The van der Waals surface area contributed by atoms with Crippen molar-refractivity contribution in [1.29, 1.82) is 0 Å². The van der Waals surface area contributed by atoms with Crippen LogP contribution in [0.4, 0.5) is 0 Å². The highest BCUT2D eigenvalue weighted by Gasteiger charge is 2.28. The number of hydrogen-bond donors (Lipinski definition) is 3. The molecule has 0 aliphatic heterocycles. The van der Waals surface area contributed by atoms with Crippen molar-refractivity contribution in [2.45, 2.75) is 193 Å². The van der Waals surface area contributed by atoms with Crippen LogP contribution >= 0.6 is 7.82 Å². The lowest BCUT2D eigenvalue weighted by Crippen LogP contribution is -2.34. The Bertz CT molecular complexity index is 989. The van der Waals surface area contributed by atoms with Crippen molar-refractivity contribution in [2.24, 2.45) is 5.73 Å². The predicted octanol–water partition coefficient (Wildman–Crippen LogP) is 10.3. The third kappa shape index (κ3) is 35.0. The zero-order valence-corrected chi connectivity index (χ0v) is 33.5. The number of carboxylic acid groups (broad SMARTS) is 1. The number of allylic oxidation sites excluding steroid dienone is 4. The molecule has 0 aromatic heterocycles. The molecule has 0 fully saturated rings. The van der Waals surface area contributed by atoms with Gasteiger partial charge in [-0.25, -0.2) is 4.57 Å². The Labute approximate surface area is 315 Å². The van der Waals surface area contributed by atoms with Crippen molar-refractivity contribution in [2.75, 3.05) is 19.8 Å². The number of esters is 2. The van der Waals surface area contributed by atoms with Gasteiger partial charge in [0.2, 0.25) is 0 Å². The van der Waals surface area contributed by atoms with E-state index in [1.54, 1.807) is 0 Å². The van der Waals surface area contributed by atoms with Crippen LogP contribution in [0.15, 0.2) is 24.3 Å². The Kier molecular flexibility index (Phi) is 34.6. The summed E-state index contributed by atoms with van der Waals surface area (Å²) in [5, 5.41) is 8.86. The molecule has 1 unspecified atom stereocenters. The largest absolute Gasteiger partial charge is 0.480 e. The Balaban J connectivity index is 4.33. The van der Waals surface area contributed by atoms with E-state index in [2.05, 4.69) is 42.7 Å². The zero-order valence-electron chi connectivity index (χ0n) is 32.7. The van der Waals surface area contributed by atoms with Crippen LogP contribution in [0.3, 0.4) is 0 Å². The monoisotopic (exact) mass is 760 g/mol. The van der Waals surface area contributed by atoms with Crippen LogP contribution in [0.25, 0.3) is 0 Å². The van der Waals surface area contributed by atoms with Crippen LogP contribution in [-0.2, 0) is 37.5 Å². The number of unbranched alkanes of at least 4 members (excludes halogenated alkanes) is 20. The molecule has 0 aliphatic carbocycles. The van der Waals surface area contributed by atoms with Gasteiger partial charge in [0.25, 0.3) is 0 Å². The first kappa shape index (κ1) is 50.0. The summed E-state index contributed by atoms with van der Waals surface area (Å²) < 4.78 is 32.6. The van der Waals surface area contributed by atoms with E-state index in [0.29, 0.717) is 12.8 Å². The Morgan fingerprint density at radius 1 is 0.596 bits per heavy atom. The van der Waals surface area contributed by atoms with E-state index in [4.69, 9.17) is 24.8 Å². The van der Waals surface area contributed by atoms with Gasteiger partial charge in [0.1, 0.15) is 12.6 Å². The van der Waals surface area contributed by atoms with Crippen LogP contribution in [0, 0.1) is 0 Å². The number of carbonyl (C=O) groups is 3. The van der Waals surface area contributed by atoms with Crippen LogP contribution < -0.4 is 5.73 Å². The summed E-state index contributed by atoms with van der Waals surface area (Å²) in [6, 6.07) is -1.52. The molecule has 0 heterocycles. The average molecular weight is 760 g/mol. The number of hydrogen-bond acceptors (Lipinski definition) is 9. The van der Waals surface area contributed by atoms with E-state index in [0.717, 1.165) is 51.4 Å². The highest BCUT2D eigenvalue weighted by atomic mass is 31.2. The minimum Gasteiger partial charge on any atom is -0.480 e. The molecule has 0 bridgehead atoms. The van der Waals surface area contributed by atoms with Crippen LogP contribution in [0.5, 0.6) is 0 Å². The molecule has 12 heteroatoms. The molecule has 0 saturated heterocycles. The van der Waals surface area contributed by atoms with Crippen LogP contribution in [0.1, 0.15) is 181 Å². The molecule has 52 heavy (non-hydrogen) atoms. The van der Waals surface area contributed by atoms with Gasteiger partial charge in [-0.1, -0.05) is 147 Å². The van der Waals surface area contributed by atoms with E-state index in [1.807, 2.05) is 0 Å². The molecule has 0 spiro atoms. The standard InChI is InChI=1S/C40H74NO10P/c1-3-5-7-9-11-13-14-15-16-17-18-19-20-21-22-24-26-28-30-32-39(43)51-36(34-49-52(46,47)50-35-37(41)40(44)45)33-48-38(42)31-29-27-25-23-12-10-8-6-4-2/h11,13,15-16,36-37H,3-10,12,14,17-35,41H2,1-2H3,(H,44,45)(H,46,47)/b13-11-,16-15-/t36-,37+/m1/s1. The fraction of sp³-hybridized carbons (Fsp3) is 0.825. The highest BCUT2D eigenvalue weighted by molar-refractivity contribution is 7.47. The lowest BCUT2D eigenvalue weighted by Gasteiger charge is -2.20. The summed E-state index contributed by atoms with van der Waals surface area (Å²) in [5.74, 6) is -2.38. The Morgan fingerprint density at radius 2 is 1.02 bits per heavy atom. The average Bonchev–Trinajstić information content (AvgIpc) is 3.12. The van der Waals surface area contributed by atoms with E-state index < -0.39 is 51.1 Å². The molecule has 0 saturated carbocycles. The molecule has 0 aliphatic rings. The molecule has 0 aromatic rings. The molecule has 4 N–H and O–H groups in total. The Hall–Kier alpha value is -2.04. The molecule has 0 amide bonds. The van der Waals surface area contributed by atoms with Gasteiger partial charge in [0, 0.05) is 12.8 Å². The summed E-state index contributed by atoms with van der Waals surface area (Å²) >= 11 is 0. The highest BCUT2D eigenvalue weighted by Crippen LogP contribution is 2.43. The van der Waals surface area contributed by atoms with Crippen LogP contribution in [-0.4, -0.2) is 59.9 Å². The minimum atomic E-state index is -4.71. The molecular formula is C40H74NO10P. The maximum Gasteiger partial charge on any atom is 0.472 e. The second kappa shape index (κ2) is 36.0. The van der Waals surface area contributed by atoms with Gasteiger partial charge in [-0.05, 0) is 44.9 Å². The van der Waals surface area contributed by atoms with Crippen molar-refractivity contribution in [3.63, 3.8) is 0 Å². The number of ether oxygens (including phenoxy) is 2. The van der Waals surface area contributed by atoms with E-state index >= 15 is 0 Å². The quantitative estimate of drug-likeness (QED) is 0.0237. The normalized spacial score (nSPS) is 14.1.